The van der Waals surface area contributed by atoms with Crippen molar-refractivity contribution in [2.24, 2.45) is 5.41 Å². The number of H-pyrrole nitrogens is 1. The normalized spacial score (nSPS) is 17.1. The minimum absolute atomic E-state index is 0.0327. The molecule has 3 aromatic carbocycles. The van der Waals surface area contributed by atoms with Gasteiger partial charge in [-0.25, -0.2) is 18.1 Å². The second kappa shape index (κ2) is 15.2. The Morgan fingerprint density at radius 3 is 2.52 bits per heavy atom. The first-order chi connectivity index (χ1) is 27.0. The number of hydrogen-bond acceptors (Lipinski definition) is 10. The Morgan fingerprint density at radius 1 is 1.02 bits per heavy atom. The first-order valence-electron chi connectivity index (χ1n) is 18.7. The highest BCUT2D eigenvalue weighted by Crippen LogP contribution is 2.55. The van der Waals surface area contributed by atoms with E-state index in [0.29, 0.717) is 16.8 Å². The van der Waals surface area contributed by atoms with E-state index in [1.807, 2.05) is 18.2 Å². The van der Waals surface area contributed by atoms with E-state index in [-0.39, 0.29) is 17.0 Å². The molecule has 0 radical (unpaired) electrons. The quantitative estimate of drug-likeness (QED) is 0.0882. The smallest absolute Gasteiger partial charge is 0.293 e. The van der Waals surface area contributed by atoms with Gasteiger partial charge in [-0.15, -0.1) is 0 Å². The van der Waals surface area contributed by atoms with Crippen LogP contribution < -0.4 is 19.7 Å². The Balaban J connectivity index is 1.02. The predicted molar refractivity (Wildman–Crippen MR) is 217 cm³/mol. The van der Waals surface area contributed by atoms with E-state index in [2.05, 4.69) is 41.9 Å². The molecule has 3 aliphatic rings. The molecule has 8 rings (SSSR count). The number of hydrogen-bond donors (Lipinski definition) is 3. The minimum atomic E-state index is -4.51. The molecule has 290 valence electrons. The maximum Gasteiger partial charge on any atom is 0.293 e. The van der Waals surface area contributed by atoms with Crippen molar-refractivity contribution in [2.45, 2.75) is 43.4 Å². The monoisotopic (exact) mass is 795 g/mol. The first kappa shape index (κ1) is 37.5. The van der Waals surface area contributed by atoms with Gasteiger partial charge in [-0.2, -0.15) is 0 Å². The number of amides is 1. The molecule has 0 unspecified atom stereocenters. The number of anilines is 2. The number of piperazine rings is 1. The lowest BCUT2D eigenvalue weighted by Crippen LogP contribution is -2.47. The third-order valence-corrected chi connectivity index (χ3v) is 13.1. The number of pyridine rings is 1. The van der Waals surface area contributed by atoms with Crippen LogP contribution >= 0.6 is 11.6 Å². The number of nitrogens with zero attached hydrogens (tertiary/aromatic N) is 4. The van der Waals surface area contributed by atoms with Gasteiger partial charge in [-0.1, -0.05) is 35.7 Å². The number of nitro benzene ring substituents is 1. The summed E-state index contributed by atoms with van der Waals surface area (Å²) in [6, 6.07) is 20.4. The van der Waals surface area contributed by atoms with Gasteiger partial charge in [0.2, 0.25) is 0 Å². The summed E-state index contributed by atoms with van der Waals surface area (Å²) >= 11 is 6.26. The van der Waals surface area contributed by atoms with Crippen LogP contribution in [0.3, 0.4) is 0 Å². The van der Waals surface area contributed by atoms with Crippen LogP contribution in [0.1, 0.15) is 54.4 Å². The molecule has 56 heavy (non-hydrogen) atoms. The standard InChI is InChI=1S/C41H42ClN7O6S/c1-43-36-10-8-33(23-37(36)49(51)52)56(53,54)46-40(50)34-9-7-31(22-38(34)55-32-21-28-12-16-44-39(28)45-25-32)48-19-17-47(18-20-48)26-29-11-15-41(13-2-14-41)24-35(29)27-3-5-30(42)6-4-27/h3-10,12,16,21-23,25,43H,2,11,13-15,17-20,24,26H2,1H3,(H,44,45)(H,46,50). The summed E-state index contributed by atoms with van der Waals surface area (Å²) in [4.78, 5) is 36.4. The highest BCUT2D eigenvalue weighted by Gasteiger charge is 2.41. The molecule has 3 heterocycles. The molecule has 2 aromatic heterocycles. The Hall–Kier alpha value is -5.44. The second-order valence-corrected chi connectivity index (χ2v) is 17.0. The topological polar surface area (TPSA) is 163 Å². The van der Waals surface area contributed by atoms with Crippen molar-refractivity contribution in [1.82, 2.24) is 19.6 Å². The highest BCUT2D eigenvalue weighted by molar-refractivity contribution is 7.90. The number of carbonyl (C=O) groups is 1. The number of halogens is 1. The number of carbonyl (C=O) groups excluding carboxylic acids is 1. The van der Waals surface area contributed by atoms with Gasteiger partial charge in [0.05, 0.1) is 21.6 Å². The van der Waals surface area contributed by atoms with Crippen molar-refractivity contribution in [3.63, 3.8) is 0 Å². The zero-order valence-electron chi connectivity index (χ0n) is 30.9. The zero-order chi connectivity index (χ0) is 39.0. The molecular weight excluding hydrogens is 754 g/mol. The summed E-state index contributed by atoms with van der Waals surface area (Å²) in [5.41, 5.74) is 5.86. The number of nitro groups is 1. The summed E-state index contributed by atoms with van der Waals surface area (Å²) in [6.07, 6.45) is 10.7. The van der Waals surface area contributed by atoms with Crippen LogP contribution in [0.4, 0.5) is 17.1 Å². The lowest BCUT2D eigenvalue weighted by atomic mass is 9.59. The highest BCUT2D eigenvalue weighted by atomic mass is 35.5. The van der Waals surface area contributed by atoms with E-state index >= 15 is 0 Å². The molecule has 13 nitrogen and oxygen atoms in total. The van der Waals surface area contributed by atoms with E-state index in [1.54, 1.807) is 24.4 Å². The maximum absolute atomic E-state index is 13.7. The minimum Gasteiger partial charge on any atom is -0.455 e. The number of ether oxygens (including phenoxy) is 1. The number of nitrogens with one attached hydrogen (secondary N) is 3. The third-order valence-electron chi connectivity index (χ3n) is 11.5. The van der Waals surface area contributed by atoms with E-state index in [1.165, 1.54) is 73.8 Å². The summed E-state index contributed by atoms with van der Waals surface area (Å²) in [5.74, 6) is -0.459. The molecule has 2 fully saturated rings. The van der Waals surface area contributed by atoms with Crippen molar-refractivity contribution >= 4 is 61.2 Å². The molecule has 0 atom stereocenters. The van der Waals surface area contributed by atoms with Gasteiger partial charge in [0.25, 0.3) is 21.6 Å². The number of sulfonamides is 1. The van der Waals surface area contributed by atoms with Gasteiger partial charge in [0.1, 0.15) is 22.8 Å². The maximum atomic E-state index is 13.7. The average Bonchev–Trinajstić information content (AvgIpc) is 3.66. The van der Waals surface area contributed by atoms with Crippen molar-refractivity contribution < 1.29 is 22.9 Å². The number of fused-ring (bicyclic) bond motifs is 1. The van der Waals surface area contributed by atoms with Crippen LogP contribution in [-0.4, -0.2) is 73.9 Å². The Morgan fingerprint density at radius 2 is 1.80 bits per heavy atom. The molecule has 1 amide bonds. The molecular formula is C41H42ClN7O6S. The van der Waals surface area contributed by atoms with Gasteiger partial charge in [0.15, 0.2) is 0 Å². The number of benzene rings is 3. The van der Waals surface area contributed by atoms with E-state index in [9.17, 15) is 23.3 Å². The Bertz CT molecular complexity index is 2460. The molecule has 2 aliphatic carbocycles. The first-order valence-corrected chi connectivity index (χ1v) is 20.6. The second-order valence-electron chi connectivity index (χ2n) is 14.9. The molecule has 3 N–H and O–H groups in total. The van der Waals surface area contributed by atoms with Crippen LogP contribution in [0.25, 0.3) is 16.6 Å². The lowest BCUT2D eigenvalue weighted by molar-refractivity contribution is -0.384. The molecule has 1 saturated carbocycles. The fourth-order valence-corrected chi connectivity index (χ4v) is 9.30. The van der Waals surface area contributed by atoms with Crippen LogP contribution in [0.15, 0.2) is 95.7 Å². The SMILES string of the molecule is CNc1ccc(S(=O)(=O)NC(=O)c2ccc(N3CCN(CC4=C(c5ccc(Cl)cc5)CC5(CCC5)CC4)CC3)cc2Oc2cnc3[nH]ccc3c2)cc1[N+](=O)[O-]. The summed E-state index contributed by atoms with van der Waals surface area (Å²) in [5, 5.41) is 15.8. The van der Waals surface area contributed by atoms with Crippen molar-refractivity contribution in [1.29, 1.82) is 0 Å². The zero-order valence-corrected chi connectivity index (χ0v) is 32.5. The fourth-order valence-electron chi connectivity index (χ4n) is 8.18. The van der Waals surface area contributed by atoms with Gasteiger partial charge in [-0.05, 0) is 97.2 Å². The Labute approximate surface area is 329 Å². The van der Waals surface area contributed by atoms with E-state index in [4.69, 9.17) is 16.3 Å². The fraction of sp³-hybridized carbons (Fsp3) is 0.317. The Kier molecular flexibility index (Phi) is 10.2. The van der Waals surface area contributed by atoms with Crippen LogP contribution in [0.2, 0.25) is 5.02 Å². The third kappa shape index (κ3) is 7.68. The number of rotatable bonds is 11. The summed E-state index contributed by atoms with van der Waals surface area (Å²) in [7, 11) is -3.02. The summed E-state index contributed by atoms with van der Waals surface area (Å²) < 4.78 is 35.1. The summed E-state index contributed by atoms with van der Waals surface area (Å²) in [6.45, 7) is 4.08. The van der Waals surface area contributed by atoms with Crippen molar-refractivity contribution in [3.05, 3.63) is 117 Å². The molecule has 5 aromatic rings. The molecule has 1 aliphatic heterocycles. The lowest BCUT2D eigenvalue weighted by Gasteiger charge is -2.47. The van der Waals surface area contributed by atoms with Crippen LogP contribution in [-0.2, 0) is 10.0 Å². The number of aromatic amines is 1. The van der Waals surface area contributed by atoms with Crippen molar-refractivity contribution in [2.75, 3.05) is 50.0 Å². The van der Waals surface area contributed by atoms with Gasteiger partial charge < -0.3 is 19.9 Å². The van der Waals surface area contributed by atoms with Crippen molar-refractivity contribution in [3.8, 4) is 11.5 Å². The van der Waals surface area contributed by atoms with Crippen LogP contribution in [0.5, 0.6) is 11.5 Å². The molecule has 1 saturated heterocycles. The number of aromatic nitrogens is 2. The molecule has 15 heteroatoms. The van der Waals surface area contributed by atoms with Gasteiger partial charge in [-0.3, -0.25) is 19.8 Å². The molecule has 1 spiro atoms. The molecule has 0 bridgehead atoms. The largest absolute Gasteiger partial charge is 0.455 e. The van der Waals surface area contributed by atoms with E-state index in [0.717, 1.165) is 67.7 Å². The van der Waals surface area contributed by atoms with Gasteiger partial charge in [0, 0.05) is 74.2 Å². The van der Waals surface area contributed by atoms with E-state index < -0.39 is 31.4 Å². The predicted octanol–water partition coefficient (Wildman–Crippen LogP) is 8.01. The van der Waals surface area contributed by atoms with Crippen LogP contribution in [0, 0.1) is 15.5 Å². The average molecular weight is 796 g/mol. The number of allylic oxidation sites excluding steroid dienone is 1. The van der Waals surface area contributed by atoms with Gasteiger partial charge >= 0.3 is 0 Å².